The Bertz CT molecular complexity index is 240. The van der Waals surface area contributed by atoms with Crippen LogP contribution in [0, 0.1) is 0 Å². The van der Waals surface area contributed by atoms with E-state index in [9.17, 15) is 9.59 Å². The summed E-state index contributed by atoms with van der Waals surface area (Å²) in [7, 11) is 3.84. The van der Waals surface area contributed by atoms with Crippen molar-refractivity contribution in [2.45, 2.75) is 18.9 Å². The van der Waals surface area contributed by atoms with Crippen LogP contribution in [0.15, 0.2) is 0 Å². The fraction of sp³-hybridized carbons (Fsp3) is 0.778. The first kappa shape index (κ1) is 11.0. The zero-order valence-electron chi connectivity index (χ0n) is 8.56. The van der Waals surface area contributed by atoms with E-state index in [1.807, 2.05) is 19.0 Å². The van der Waals surface area contributed by atoms with Gasteiger partial charge < -0.3 is 14.9 Å². The van der Waals surface area contributed by atoms with Crippen molar-refractivity contribution >= 4 is 11.9 Å². The molecule has 0 spiro atoms. The normalized spacial score (nSPS) is 21.6. The summed E-state index contributed by atoms with van der Waals surface area (Å²) in [6.07, 6.45) is 1.80. The van der Waals surface area contributed by atoms with Gasteiger partial charge in [0.05, 0.1) is 0 Å². The Morgan fingerprint density at radius 2 is 2.14 bits per heavy atom. The van der Waals surface area contributed by atoms with Gasteiger partial charge in [-0.05, 0) is 26.9 Å². The molecule has 1 unspecified atom stereocenters. The Kier molecular flexibility index (Phi) is 3.46. The van der Waals surface area contributed by atoms with Gasteiger partial charge in [0.25, 0.3) is 0 Å². The molecule has 1 saturated heterocycles. The van der Waals surface area contributed by atoms with Crippen LogP contribution in [0.4, 0.5) is 0 Å². The van der Waals surface area contributed by atoms with Gasteiger partial charge >= 0.3 is 11.9 Å². The molecule has 5 heteroatoms. The van der Waals surface area contributed by atoms with E-state index < -0.39 is 11.9 Å². The number of hydrogen-bond acceptors (Lipinski definition) is 3. The minimum Gasteiger partial charge on any atom is -0.474 e. The second-order valence-electron chi connectivity index (χ2n) is 3.86. The zero-order valence-corrected chi connectivity index (χ0v) is 8.56. The number of hydrogen-bond donors (Lipinski definition) is 1. The van der Waals surface area contributed by atoms with Crippen LogP contribution in [0.5, 0.6) is 0 Å². The molecule has 0 aromatic heterocycles. The Morgan fingerprint density at radius 1 is 1.50 bits per heavy atom. The van der Waals surface area contributed by atoms with Crippen molar-refractivity contribution in [3.63, 3.8) is 0 Å². The number of aliphatic carboxylic acids is 1. The molecule has 1 heterocycles. The molecule has 0 aliphatic carbocycles. The molecule has 14 heavy (non-hydrogen) atoms. The van der Waals surface area contributed by atoms with Crippen molar-refractivity contribution in [1.29, 1.82) is 0 Å². The summed E-state index contributed by atoms with van der Waals surface area (Å²) in [6, 6.07) is 0.0635. The lowest BCUT2D eigenvalue weighted by Crippen LogP contribution is -2.44. The number of amides is 1. The van der Waals surface area contributed by atoms with E-state index in [1.165, 1.54) is 4.90 Å². The van der Waals surface area contributed by atoms with Gasteiger partial charge in [-0.2, -0.15) is 0 Å². The first-order valence-electron chi connectivity index (χ1n) is 4.71. The van der Waals surface area contributed by atoms with Gasteiger partial charge in [-0.25, -0.2) is 4.79 Å². The summed E-state index contributed by atoms with van der Waals surface area (Å²) < 4.78 is 0. The number of rotatable bonds is 2. The lowest BCUT2D eigenvalue weighted by Gasteiger charge is -2.25. The van der Waals surface area contributed by atoms with Gasteiger partial charge in [-0.15, -0.1) is 0 Å². The highest BCUT2D eigenvalue weighted by Crippen LogP contribution is 2.17. The second kappa shape index (κ2) is 4.41. The number of likely N-dealkylation sites (tertiary alicyclic amines) is 1. The van der Waals surface area contributed by atoms with E-state index in [4.69, 9.17) is 5.11 Å². The zero-order chi connectivity index (χ0) is 10.7. The molecule has 1 N–H and O–H groups in total. The van der Waals surface area contributed by atoms with Crippen molar-refractivity contribution in [1.82, 2.24) is 9.80 Å². The standard InChI is InChI=1S/C9H16N2O3/c1-10(2)6-7-4-3-5-11(7)8(12)9(13)14/h7H,3-6H2,1-2H3,(H,13,14). The summed E-state index contributed by atoms with van der Waals surface area (Å²) in [5, 5.41) is 8.59. The van der Waals surface area contributed by atoms with Gasteiger partial charge in [0, 0.05) is 19.1 Å². The number of nitrogens with zero attached hydrogens (tertiary/aromatic N) is 2. The Labute approximate surface area is 83.3 Å². The second-order valence-corrected chi connectivity index (χ2v) is 3.86. The monoisotopic (exact) mass is 200 g/mol. The maximum atomic E-state index is 11.2. The number of carboxylic acids is 1. The molecular formula is C9H16N2O3. The third-order valence-corrected chi connectivity index (χ3v) is 2.40. The molecule has 1 aliphatic heterocycles. The molecule has 0 saturated carbocycles. The van der Waals surface area contributed by atoms with Crippen LogP contribution in [0.25, 0.3) is 0 Å². The smallest absolute Gasteiger partial charge is 0.394 e. The molecule has 1 atom stereocenters. The summed E-state index contributed by atoms with van der Waals surface area (Å²) in [4.78, 5) is 25.2. The lowest BCUT2D eigenvalue weighted by molar-refractivity contribution is -0.156. The lowest BCUT2D eigenvalue weighted by atomic mass is 10.2. The highest BCUT2D eigenvalue weighted by molar-refractivity contribution is 6.31. The van der Waals surface area contributed by atoms with Crippen LogP contribution in [-0.4, -0.2) is 60.0 Å². The van der Waals surface area contributed by atoms with E-state index in [0.717, 1.165) is 19.4 Å². The van der Waals surface area contributed by atoms with Crippen LogP contribution >= 0.6 is 0 Å². The minimum atomic E-state index is -1.35. The SMILES string of the molecule is CN(C)CC1CCCN1C(=O)C(=O)O. The van der Waals surface area contributed by atoms with Crippen LogP contribution in [0.1, 0.15) is 12.8 Å². The summed E-state index contributed by atoms with van der Waals surface area (Å²) in [5.74, 6) is -2.12. The van der Waals surface area contributed by atoms with Gasteiger partial charge in [-0.3, -0.25) is 4.79 Å². The van der Waals surface area contributed by atoms with E-state index in [2.05, 4.69) is 0 Å². The van der Waals surface area contributed by atoms with Crippen LogP contribution < -0.4 is 0 Å². The largest absolute Gasteiger partial charge is 0.474 e. The van der Waals surface area contributed by atoms with Crippen molar-refractivity contribution < 1.29 is 14.7 Å². The van der Waals surface area contributed by atoms with Crippen LogP contribution in [0.2, 0.25) is 0 Å². The highest BCUT2D eigenvalue weighted by Gasteiger charge is 2.32. The molecular weight excluding hydrogens is 184 g/mol. The molecule has 0 bridgehead atoms. The topological polar surface area (TPSA) is 60.9 Å². The number of carboxylic acid groups (broad SMARTS) is 1. The molecule has 0 aromatic rings. The van der Waals surface area contributed by atoms with Crippen molar-refractivity contribution in [2.24, 2.45) is 0 Å². The Morgan fingerprint density at radius 3 is 2.64 bits per heavy atom. The van der Waals surface area contributed by atoms with Gasteiger partial charge in [0.15, 0.2) is 0 Å². The third kappa shape index (κ3) is 2.45. The number of carbonyl (C=O) groups excluding carboxylic acids is 1. The van der Waals surface area contributed by atoms with E-state index in [-0.39, 0.29) is 6.04 Å². The fourth-order valence-electron chi connectivity index (χ4n) is 1.84. The van der Waals surface area contributed by atoms with Crippen LogP contribution in [0.3, 0.4) is 0 Å². The predicted molar refractivity (Wildman–Crippen MR) is 50.9 cm³/mol. The fourth-order valence-corrected chi connectivity index (χ4v) is 1.84. The van der Waals surface area contributed by atoms with E-state index >= 15 is 0 Å². The summed E-state index contributed by atoms with van der Waals surface area (Å²) in [6.45, 7) is 1.31. The van der Waals surface area contributed by atoms with Gasteiger partial charge in [0.2, 0.25) is 0 Å². The molecule has 0 radical (unpaired) electrons. The molecule has 1 aliphatic rings. The van der Waals surface area contributed by atoms with Crippen molar-refractivity contribution in [2.75, 3.05) is 27.2 Å². The first-order chi connectivity index (χ1) is 6.52. The molecule has 0 aromatic carbocycles. The average molecular weight is 200 g/mol. The molecule has 5 nitrogen and oxygen atoms in total. The van der Waals surface area contributed by atoms with Crippen molar-refractivity contribution in [3.05, 3.63) is 0 Å². The van der Waals surface area contributed by atoms with Crippen molar-refractivity contribution in [3.8, 4) is 0 Å². The molecule has 1 rings (SSSR count). The molecule has 1 amide bonds. The maximum Gasteiger partial charge on any atom is 0.394 e. The van der Waals surface area contributed by atoms with E-state index in [1.54, 1.807) is 0 Å². The quantitative estimate of drug-likeness (QED) is 0.617. The number of carbonyl (C=O) groups is 2. The number of likely N-dealkylation sites (N-methyl/N-ethyl adjacent to an activating group) is 1. The van der Waals surface area contributed by atoms with Gasteiger partial charge in [0.1, 0.15) is 0 Å². The predicted octanol–water partition coefficient (Wildman–Crippen LogP) is -0.376. The maximum absolute atomic E-state index is 11.2. The highest BCUT2D eigenvalue weighted by atomic mass is 16.4. The third-order valence-electron chi connectivity index (χ3n) is 2.40. The summed E-state index contributed by atoms with van der Waals surface area (Å²) in [5.41, 5.74) is 0. The van der Waals surface area contributed by atoms with Gasteiger partial charge in [-0.1, -0.05) is 0 Å². The first-order valence-corrected chi connectivity index (χ1v) is 4.71. The average Bonchev–Trinajstić information content (AvgIpc) is 2.49. The van der Waals surface area contributed by atoms with E-state index in [0.29, 0.717) is 6.54 Å². The minimum absolute atomic E-state index is 0.0635. The van der Waals surface area contributed by atoms with Crippen LogP contribution in [-0.2, 0) is 9.59 Å². The Balaban J connectivity index is 2.59. The summed E-state index contributed by atoms with van der Waals surface area (Å²) >= 11 is 0. The molecule has 80 valence electrons. The Hall–Kier alpha value is -1.10. The molecule has 1 fully saturated rings.